The second kappa shape index (κ2) is 6.50. The molecule has 1 N–H and O–H groups in total. The number of nitriles is 1. The Morgan fingerprint density at radius 3 is 2.48 bits per heavy atom. The van der Waals surface area contributed by atoms with Crippen LogP contribution in [0.15, 0.2) is 53.1 Å². The van der Waals surface area contributed by atoms with Gasteiger partial charge in [0.2, 0.25) is 0 Å². The first kappa shape index (κ1) is 15.6. The molecule has 0 amide bonds. The van der Waals surface area contributed by atoms with Crippen LogP contribution in [0.2, 0.25) is 0 Å². The predicted molar refractivity (Wildman–Crippen MR) is 96.5 cm³/mol. The number of phenolic OH excluding ortho intramolecular Hbond substituents is 1. The number of anilines is 1. The van der Waals surface area contributed by atoms with Crippen LogP contribution in [0.25, 0.3) is 11.0 Å². The van der Waals surface area contributed by atoms with Crippen LogP contribution in [-0.4, -0.2) is 36.2 Å². The molecule has 0 bridgehead atoms. The number of fused-ring (bicyclic) bond motifs is 1. The molecule has 1 aliphatic heterocycles. The molecule has 5 heteroatoms. The lowest BCUT2D eigenvalue weighted by molar-refractivity contribution is 0.250. The number of phenols is 1. The molecule has 25 heavy (non-hydrogen) atoms. The Kier molecular flexibility index (Phi) is 4.04. The Hall–Kier alpha value is -2.97. The van der Waals surface area contributed by atoms with Gasteiger partial charge in [0, 0.05) is 43.8 Å². The van der Waals surface area contributed by atoms with E-state index in [1.54, 1.807) is 12.3 Å². The lowest BCUT2D eigenvalue weighted by Gasteiger charge is -2.36. The van der Waals surface area contributed by atoms with Gasteiger partial charge in [0.05, 0.1) is 17.9 Å². The van der Waals surface area contributed by atoms with Crippen LogP contribution < -0.4 is 4.90 Å². The van der Waals surface area contributed by atoms with Crippen molar-refractivity contribution in [2.45, 2.75) is 6.54 Å². The minimum Gasteiger partial charge on any atom is -0.504 e. The number of piperazine rings is 1. The maximum Gasteiger partial charge on any atom is 0.175 e. The Bertz CT molecular complexity index is 916. The van der Waals surface area contributed by atoms with Crippen LogP contribution in [0.5, 0.6) is 5.75 Å². The highest BCUT2D eigenvalue weighted by Crippen LogP contribution is 2.29. The van der Waals surface area contributed by atoms with Crippen molar-refractivity contribution < 1.29 is 9.52 Å². The molecule has 5 nitrogen and oxygen atoms in total. The van der Waals surface area contributed by atoms with Gasteiger partial charge in [-0.2, -0.15) is 5.26 Å². The van der Waals surface area contributed by atoms with E-state index in [0.29, 0.717) is 11.1 Å². The molecule has 2 aromatic carbocycles. The second-order valence-corrected chi connectivity index (χ2v) is 6.33. The molecule has 0 unspecified atom stereocenters. The molecule has 3 aromatic rings. The van der Waals surface area contributed by atoms with Crippen molar-refractivity contribution >= 4 is 16.7 Å². The summed E-state index contributed by atoms with van der Waals surface area (Å²) in [5, 5.41) is 19.7. The molecule has 1 fully saturated rings. The predicted octanol–water partition coefficient (Wildman–Crippen LogP) is 3.33. The zero-order chi connectivity index (χ0) is 17.2. The van der Waals surface area contributed by atoms with Gasteiger partial charge < -0.3 is 14.4 Å². The first-order valence-electron chi connectivity index (χ1n) is 8.40. The summed E-state index contributed by atoms with van der Waals surface area (Å²) in [6.45, 7) is 4.70. The molecule has 126 valence electrons. The standard InChI is InChI=1S/C20H19N3O2/c21-13-15-1-4-17(5-2-15)23-10-8-22(9-11-23)14-16-3-6-19(24)20-18(16)7-12-25-20/h1-7,12,24H,8-11,14H2. The molecule has 1 saturated heterocycles. The van der Waals surface area contributed by atoms with Crippen molar-refractivity contribution in [3.63, 3.8) is 0 Å². The van der Waals surface area contributed by atoms with Crippen LogP contribution in [0.4, 0.5) is 5.69 Å². The quantitative estimate of drug-likeness (QED) is 0.796. The monoisotopic (exact) mass is 333 g/mol. The van der Waals surface area contributed by atoms with E-state index in [9.17, 15) is 5.11 Å². The molecule has 2 heterocycles. The Morgan fingerprint density at radius 1 is 1.00 bits per heavy atom. The van der Waals surface area contributed by atoms with E-state index in [1.165, 1.54) is 11.3 Å². The van der Waals surface area contributed by atoms with Gasteiger partial charge in [0.15, 0.2) is 11.3 Å². The van der Waals surface area contributed by atoms with Gasteiger partial charge in [-0.15, -0.1) is 0 Å². The van der Waals surface area contributed by atoms with Crippen LogP contribution in [0.3, 0.4) is 0 Å². The fraction of sp³-hybridized carbons (Fsp3) is 0.250. The highest BCUT2D eigenvalue weighted by Gasteiger charge is 2.19. The molecule has 0 saturated carbocycles. The Balaban J connectivity index is 1.42. The SMILES string of the molecule is N#Cc1ccc(N2CCN(Cc3ccc(O)c4occc34)CC2)cc1. The van der Waals surface area contributed by atoms with Gasteiger partial charge in [0.25, 0.3) is 0 Å². The lowest BCUT2D eigenvalue weighted by Crippen LogP contribution is -2.45. The molecule has 0 spiro atoms. The molecular formula is C20H19N3O2. The minimum absolute atomic E-state index is 0.189. The largest absolute Gasteiger partial charge is 0.504 e. The molecule has 0 atom stereocenters. The summed E-state index contributed by atoms with van der Waals surface area (Å²) in [6, 6.07) is 15.5. The smallest absolute Gasteiger partial charge is 0.175 e. The van der Waals surface area contributed by atoms with E-state index >= 15 is 0 Å². The number of hydrogen-bond acceptors (Lipinski definition) is 5. The summed E-state index contributed by atoms with van der Waals surface area (Å²) >= 11 is 0. The number of hydrogen-bond donors (Lipinski definition) is 1. The van der Waals surface area contributed by atoms with E-state index in [4.69, 9.17) is 9.68 Å². The molecule has 4 rings (SSSR count). The van der Waals surface area contributed by atoms with Gasteiger partial charge in [-0.1, -0.05) is 6.07 Å². The van der Waals surface area contributed by atoms with Crippen molar-refractivity contribution in [3.05, 3.63) is 59.9 Å². The summed E-state index contributed by atoms with van der Waals surface area (Å²) in [5.74, 6) is 0.189. The number of aromatic hydroxyl groups is 1. The third kappa shape index (κ3) is 3.04. The van der Waals surface area contributed by atoms with E-state index < -0.39 is 0 Å². The van der Waals surface area contributed by atoms with E-state index in [2.05, 4.69) is 15.9 Å². The Labute approximate surface area is 146 Å². The fourth-order valence-corrected chi connectivity index (χ4v) is 3.40. The van der Waals surface area contributed by atoms with Crippen molar-refractivity contribution in [3.8, 4) is 11.8 Å². The minimum atomic E-state index is 0.189. The van der Waals surface area contributed by atoms with Crippen molar-refractivity contribution in [1.82, 2.24) is 4.90 Å². The van der Waals surface area contributed by atoms with E-state index in [1.807, 2.05) is 36.4 Å². The van der Waals surface area contributed by atoms with Crippen LogP contribution in [0, 0.1) is 11.3 Å². The van der Waals surface area contributed by atoms with Crippen LogP contribution >= 0.6 is 0 Å². The van der Waals surface area contributed by atoms with E-state index in [-0.39, 0.29) is 5.75 Å². The van der Waals surface area contributed by atoms with Gasteiger partial charge in [0.1, 0.15) is 0 Å². The third-order valence-corrected chi connectivity index (χ3v) is 4.81. The zero-order valence-corrected chi connectivity index (χ0v) is 13.9. The molecule has 1 aromatic heterocycles. The normalized spacial score (nSPS) is 15.4. The molecule has 1 aliphatic rings. The molecule has 0 radical (unpaired) electrons. The summed E-state index contributed by atoms with van der Waals surface area (Å²) in [7, 11) is 0. The maximum absolute atomic E-state index is 9.85. The topological polar surface area (TPSA) is 63.6 Å². The summed E-state index contributed by atoms with van der Waals surface area (Å²) in [5.41, 5.74) is 3.60. The van der Waals surface area contributed by atoms with Crippen molar-refractivity contribution in [2.24, 2.45) is 0 Å². The number of benzene rings is 2. The van der Waals surface area contributed by atoms with Crippen molar-refractivity contribution in [1.29, 1.82) is 5.26 Å². The fourth-order valence-electron chi connectivity index (χ4n) is 3.40. The maximum atomic E-state index is 9.85. The van der Waals surface area contributed by atoms with Gasteiger partial charge in [-0.3, -0.25) is 4.90 Å². The number of furan rings is 1. The summed E-state index contributed by atoms with van der Waals surface area (Å²) in [4.78, 5) is 4.76. The first-order valence-corrected chi connectivity index (χ1v) is 8.40. The lowest BCUT2D eigenvalue weighted by atomic mass is 10.1. The number of rotatable bonds is 3. The van der Waals surface area contributed by atoms with Crippen LogP contribution in [0.1, 0.15) is 11.1 Å². The Morgan fingerprint density at radius 2 is 1.76 bits per heavy atom. The number of nitrogens with zero attached hydrogens (tertiary/aromatic N) is 3. The highest BCUT2D eigenvalue weighted by atomic mass is 16.3. The summed E-state index contributed by atoms with van der Waals surface area (Å²) in [6.07, 6.45) is 1.62. The zero-order valence-electron chi connectivity index (χ0n) is 13.9. The van der Waals surface area contributed by atoms with Crippen LogP contribution in [-0.2, 0) is 6.54 Å². The average Bonchev–Trinajstić information content (AvgIpc) is 3.16. The van der Waals surface area contributed by atoms with Crippen molar-refractivity contribution in [2.75, 3.05) is 31.1 Å². The summed E-state index contributed by atoms with van der Waals surface area (Å²) < 4.78 is 5.37. The first-order chi connectivity index (χ1) is 12.2. The van der Waals surface area contributed by atoms with Gasteiger partial charge >= 0.3 is 0 Å². The average molecular weight is 333 g/mol. The molecule has 0 aliphatic carbocycles. The van der Waals surface area contributed by atoms with Gasteiger partial charge in [-0.25, -0.2) is 0 Å². The highest BCUT2D eigenvalue weighted by molar-refractivity contribution is 5.85. The van der Waals surface area contributed by atoms with E-state index in [0.717, 1.165) is 38.1 Å². The third-order valence-electron chi connectivity index (χ3n) is 4.81. The van der Waals surface area contributed by atoms with Gasteiger partial charge in [-0.05, 0) is 42.0 Å². The molecular weight excluding hydrogens is 314 g/mol. The second-order valence-electron chi connectivity index (χ2n) is 6.33.